The molecule has 1 aliphatic rings. The monoisotopic (exact) mass is 347 g/mol. The van der Waals surface area contributed by atoms with Crippen LogP contribution < -0.4 is 10.6 Å². The van der Waals surface area contributed by atoms with Crippen molar-refractivity contribution in [2.24, 2.45) is 10.7 Å². The molecule has 8 heteroatoms. The van der Waals surface area contributed by atoms with Gasteiger partial charge in [0.2, 0.25) is 0 Å². The van der Waals surface area contributed by atoms with Gasteiger partial charge in [-0.25, -0.2) is 9.98 Å². The molecule has 0 atom stereocenters. The van der Waals surface area contributed by atoms with Crippen LogP contribution in [0.15, 0.2) is 29.3 Å². The average Bonchev–Trinajstić information content (AvgIpc) is 3.09. The van der Waals surface area contributed by atoms with Crippen LogP contribution in [0.5, 0.6) is 0 Å². The SMILES string of the molecule is CCc1n[nH]c(CN=C(N)N2CCN(c3ccc(Cl)cc3)CC2)n1. The number of rotatable bonds is 4. The summed E-state index contributed by atoms with van der Waals surface area (Å²) in [5, 5.41) is 7.74. The molecule has 0 unspecified atom stereocenters. The Morgan fingerprint density at radius 2 is 1.96 bits per heavy atom. The fraction of sp³-hybridized carbons (Fsp3) is 0.438. The number of hydrogen-bond donors (Lipinski definition) is 2. The molecule has 0 spiro atoms. The molecule has 0 saturated carbocycles. The fourth-order valence-electron chi connectivity index (χ4n) is 2.67. The van der Waals surface area contributed by atoms with Crippen molar-refractivity contribution in [2.45, 2.75) is 19.9 Å². The number of aryl methyl sites for hydroxylation is 1. The van der Waals surface area contributed by atoms with Crippen molar-refractivity contribution in [3.05, 3.63) is 40.9 Å². The van der Waals surface area contributed by atoms with Gasteiger partial charge < -0.3 is 15.5 Å². The number of nitrogens with one attached hydrogen (secondary N) is 1. The zero-order valence-electron chi connectivity index (χ0n) is 13.7. The average molecular weight is 348 g/mol. The van der Waals surface area contributed by atoms with Gasteiger partial charge in [-0.05, 0) is 24.3 Å². The number of hydrogen-bond acceptors (Lipinski definition) is 4. The molecule has 24 heavy (non-hydrogen) atoms. The quantitative estimate of drug-likeness (QED) is 0.649. The van der Waals surface area contributed by atoms with Crippen LogP contribution in [0.1, 0.15) is 18.6 Å². The van der Waals surface area contributed by atoms with Crippen molar-refractivity contribution in [2.75, 3.05) is 31.1 Å². The van der Waals surface area contributed by atoms with Crippen LogP contribution >= 0.6 is 11.6 Å². The van der Waals surface area contributed by atoms with Crippen LogP contribution in [0.4, 0.5) is 5.69 Å². The number of aliphatic imine (C=N–C) groups is 1. The lowest BCUT2D eigenvalue weighted by Gasteiger charge is -2.36. The molecule has 0 radical (unpaired) electrons. The Morgan fingerprint density at radius 3 is 2.58 bits per heavy atom. The number of aromatic nitrogens is 3. The molecule has 1 aromatic heterocycles. The Kier molecular flexibility index (Phi) is 5.20. The molecule has 0 bridgehead atoms. The van der Waals surface area contributed by atoms with E-state index < -0.39 is 0 Å². The van der Waals surface area contributed by atoms with E-state index in [9.17, 15) is 0 Å². The van der Waals surface area contributed by atoms with Gasteiger partial charge in [0.15, 0.2) is 11.8 Å². The highest BCUT2D eigenvalue weighted by Gasteiger charge is 2.18. The van der Waals surface area contributed by atoms with Crippen LogP contribution in [0.2, 0.25) is 5.02 Å². The molecule has 3 N–H and O–H groups in total. The number of nitrogens with two attached hydrogens (primary N) is 1. The van der Waals surface area contributed by atoms with Crippen molar-refractivity contribution in [3.63, 3.8) is 0 Å². The van der Waals surface area contributed by atoms with E-state index in [1.54, 1.807) is 0 Å². The highest BCUT2D eigenvalue weighted by Crippen LogP contribution is 2.19. The lowest BCUT2D eigenvalue weighted by atomic mass is 10.2. The van der Waals surface area contributed by atoms with Crippen molar-refractivity contribution in [1.82, 2.24) is 20.1 Å². The molecule has 7 nitrogen and oxygen atoms in total. The van der Waals surface area contributed by atoms with E-state index in [2.05, 4.69) is 30.0 Å². The van der Waals surface area contributed by atoms with Gasteiger partial charge >= 0.3 is 0 Å². The third-order valence-corrected chi connectivity index (χ3v) is 4.33. The summed E-state index contributed by atoms with van der Waals surface area (Å²) in [6.45, 7) is 5.93. The molecule has 128 valence electrons. The van der Waals surface area contributed by atoms with Gasteiger partial charge in [0, 0.05) is 43.3 Å². The molecular weight excluding hydrogens is 326 g/mol. The molecule has 2 aromatic rings. The van der Waals surface area contributed by atoms with Crippen molar-refractivity contribution in [1.29, 1.82) is 0 Å². The molecule has 0 amide bonds. The number of anilines is 1. The molecule has 3 rings (SSSR count). The summed E-state index contributed by atoms with van der Waals surface area (Å²) < 4.78 is 0. The number of halogens is 1. The van der Waals surface area contributed by atoms with E-state index in [1.807, 2.05) is 31.2 Å². The number of guanidine groups is 1. The van der Waals surface area contributed by atoms with E-state index in [1.165, 1.54) is 5.69 Å². The van der Waals surface area contributed by atoms with Gasteiger partial charge in [0.1, 0.15) is 12.4 Å². The third-order valence-electron chi connectivity index (χ3n) is 4.08. The molecule has 1 saturated heterocycles. The van der Waals surface area contributed by atoms with E-state index in [-0.39, 0.29) is 0 Å². The molecule has 1 fully saturated rings. The first-order valence-corrected chi connectivity index (χ1v) is 8.49. The van der Waals surface area contributed by atoms with E-state index in [0.717, 1.165) is 49.3 Å². The van der Waals surface area contributed by atoms with E-state index in [4.69, 9.17) is 17.3 Å². The number of aromatic amines is 1. The minimum absolute atomic E-state index is 0.427. The van der Waals surface area contributed by atoms with Crippen LogP contribution in [0.3, 0.4) is 0 Å². The standard InChI is InChI=1S/C16H22ClN7/c1-2-14-20-15(22-21-14)11-19-16(18)24-9-7-23(8-10-24)13-5-3-12(17)4-6-13/h3-6H,2,7-11H2,1H3,(H2,18,19)(H,20,21,22). The Hall–Kier alpha value is -2.28. The Labute approximate surface area is 146 Å². The highest BCUT2D eigenvalue weighted by molar-refractivity contribution is 6.30. The first-order valence-electron chi connectivity index (χ1n) is 8.11. The van der Waals surface area contributed by atoms with Crippen molar-refractivity contribution >= 4 is 23.2 Å². The molecule has 1 aliphatic heterocycles. The summed E-state index contributed by atoms with van der Waals surface area (Å²) in [6, 6.07) is 7.93. The summed E-state index contributed by atoms with van der Waals surface area (Å²) in [6.07, 6.45) is 0.808. The lowest BCUT2D eigenvalue weighted by molar-refractivity contribution is 0.380. The maximum absolute atomic E-state index is 6.12. The Bertz CT molecular complexity index is 687. The van der Waals surface area contributed by atoms with Crippen LogP contribution in [-0.2, 0) is 13.0 Å². The van der Waals surface area contributed by atoms with Crippen LogP contribution in [0, 0.1) is 0 Å². The minimum Gasteiger partial charge on any atom is -0.370 e. The van der Waals surface area contributed by atoms with E-state index >= 15 is 0 Å². The first kappa shape index (κ1) is 16.6. The number of nitrogens with zero attached hydrogens (tertiary/aromatic N) is 5. The van der Waals surface area contributed by atoms with Crippen LogP contribution in [0.25, 0.3) is 0 Å². The maximum atomic E-state index is 6.12. The largest absolute Gasteiger partial charge is 0.370 e. The van der Waals surface area contributed by atoms with Gasteiger partial charge in [-0.1, -0.05) is 18.5 Å². The normalized spacial score (nSPS) is 15.8. The molecular formula is C16H22ClN7. The zero-order chi connectivity index (χ0) is 16.9. The third kappa shape index (κ3) is 3.97. The molecule has 2 heterocycles. The topological polar surface area (TPSA) is 86.4 Å². The first-order chi connectivity index (χ1) is 11.7. The predicted octanol–water partition coefficient (Wildman–Crippen LogP) is 1.66. The van der Waals surface area contributed by atoms with E-state index in [0.29, 0.717) is 12.5 Å². The molecule has 1 aromatic carbocycles. The molecule has 0 aliphatic carbocycles. The second kappa shape index (κ2) is 7.53. The predicted molar refractivity (Wildman–Crippen MR) is 96.3 cm³/mol. The van der Waals surface area contributed by atoms with Crippen molar-refractivity contribution in [3.8, 4) is 0 Å². The summed E-state index contributed by atoms with van der Waals surface area (Å²) in [4.78, 5) is 13.2. The smallest absolute Gasteiger partial charge is 0.191 e. The number of H-pyrrole nitrogens is 1. The fourth-order valence-corrected chi connectivity index (χ4v) is 2.79. The number of benzene rings is 1. The second-order valence-corrected chi connectivity index (χ2v) is 6.11. The Balaban J connectivity index is 1.53. The lowest BCUT2D eigenvalue weighted by Crippen LogP contribution is -2.51. The van der Waals surface area contributed by atoms with Gasteiger partial charge in [0.05, 0.1) is 0 Å². The van der Waals surface area contributed by atoms with Gasteiger partial charge in [-0.2, -0.15) is 5.10 Å². The van der Waals surface area contributed by atoms with Crippen molar-refractivity contribution < 1.29 is 0 Å². The second-order valence-electron chi connectivity index (χ2n) is 5.68. The van der Waals surface area contributed by atoms with Gasteiger partial charge in [0.25, 0.3) is 0 Å². The van der Waals surface area contributed by atoms with Gasteiger partial charge in [-0.15, -0.1) is 0 Å². The van der Waals surface area contributed by atoms with Gasteiger partial charge in [-0.3, -0.25) is 5.10 Å². The minimum atomic E-state index is 0.427. The Morgan fingerprint density at radius 1 is 1.25 bits per heavy atom. The number of piperazine rings is 1. The zero-order valence-corrected chi connectivity index (χ0v) is 14.5. The summed E-state index contributed by atoms with van der Waals surface area (Å²) in [5.41, 5.74) is 7.30. The maximum Gasteiger partial charge on any atom is 0.191 e. The summed E-state index contributed by atoms with van der Waals surface area (Å²) in [5.74, 6) is 2.10. The van der Waals surface area contributed by atoms with Crippen LogP contribution in [-0.4, -0.2) is 52.2 Å². The highest BCUT2D eigenvalue weighted by atomic mass is 35.5. The summed E-state index contributed by atoms with van der Waals surface area (Å²) in [7, 11) is 0. The summed E-state index contributed by atoms with van der Waals surface area (Å²) >= 11 is 5.94.